The fourth-order valence-electron chi connectivity index (χ4n) is 3.19. The first-order valence-corrected chi connectivity index (χ1v) is 8.78. The van der Waals surface area contributed by atoms with Crippen LogP contribution in [0.1, 0.15) is 53.7 Å². The number of nitrogens with zero attached hydrogens (tertiary/aromatic N) is 2. The second kappa shape index (κ2) is 6.79. The largest absolute Gasteiger partial charge is 0.444 e. The summed E-state index contributed by atoms with van der Waals surface area (Å²) in [4.78, 5) is 14.7. The first-order valence-electron chi connectivity index (χ1n) is 8.78. The number of amides is 1. The second-order valence-corrected chi connectivity index (χ2v) is 8.40. The minimum absolute atomic E-state index is 0.217. The molecule has 0 unspecified atom stereocenters. The van der Waals surface area contributed by atoms with Crippen LogP contribution < -0.4 is 0 Å². The number of aryl methyl sites for hydroxylation is 2. The van der Waals surface area contributed by atoms with E-state index in [0.717, 1.165) is 12.8 Å². The fourth-order valence-corrected chi connectivity index (χ4v) is 3.19. The smallest absolute Gasteiger partial charge is 0.412 e. The highest BCUT2D eigenvalue weighted by Gasteiger charge is 2.49. The molecule has 0 N–H and O–H groups in total. The van der Waals surface area contributed by atoms with Crippen LogP contribution in [-0.2, 0) is 22.9 Å². The Morgan fingerprint density at radius 2 is 2.12 bits per heavy atom. The van der Waals surface area contributed by atoms with Gasteiger partial charge in [-0.3, -0.25) is 4.90 Å². The lowest BCUT2D eigenvalue weighted by atomic mass is 9.94. The molecular weight excluding hydrogens is 304 g/mol. The Bertz CT molecular complexity index is 573. The lowest BCUT2D eigenvalue weighted by Crippen LogP contribution is -2.53. The van der Waals surface area contributed by atoms with Crippen molar-refractivity contribution in [1.29, 1.82) is 0 Å². The Hall–Kier alpha value is -1.49. The number of hydrogen-bond donors (Lipinski definition) is 0. The van der Waals surface area contributed by atoms with Crippen LogP contribution in [0.4, 0.5) is 4.79 Å². The van der Waals surface area contributed by atoms with Gasteiger partial charge in [0.2, 0.25) is 0 Å². The maximum Gasteiger partial charge on any atom is 0.412 e. The Labute approximate surface area is 145 Å². The van der Waals surface area contributed by atoms with Crippen molar-refractivity contribution in [2.45, 2.75) is 71.8 Å². The van der Waals surface area contributed by atoms with Crippen LogP contribution in [0, 0.1) is 5.92 Å². The lowest BCUT2D eigenvalue weighted by molar-refractivity contribution is -0.0372. The van der Waals surface area contributed by atoms with Crippen molar-refractivity contribution in [3.8, 4) is 0 Å². The van der Waals surface area contributed by atoms with Crippen molar-refractivity contribution in [3.63, 3.8) is 0 Å². The predicted octanol–water partition coefficient (Wildman–Crippen LogP) is 3.97. The van der Waals surface area contributed by atoms with Crippen LogP contribution in [0.25, 0.3) is 0 Å². The van der Waals surface area contributed by atoms with E-state index in [1.54, 1.807) is 0 Å². The number of carbonyl (C=O) groups excluding carboxylic acids is 1. The third-order valence-electron chi connectivity index (χ3n) is 4.53. The summed E-state index contributed by atoms with van der Waals surface area (Å²) < 4.78 is 13.8. The van der Waals surface area contributed by atoms with Crippen LogP contribution >= 0.6 is 0 Å². The highest BCUT2D eigenvalue weighted by Crippen LogP contribution is 2.36. The van der Waals surface area contributed by atoms with Gasteiger partial charge in [0.25, 0.3) is 0 Å². The van der Waals surface area contributed by atoms with Gasteiger partial charge in [0.05, 0.1) is 12.1 Å². The van der Waals surface area contributed by atoms with Crippen molar-refractivity contribution in [2.24, 2.45) is 13.0 Å². The summed E-state index contributed by atoms with van der Waals surface area (Å²) >= 11 is 0. The summed E-state index contributed by atoms with van der Waals surface area (Å²) in [6.45, 7) is 12.5. The van der Waals surface area contributed by atoms with Crippen molar-refractivity contribution >= 4 is 6.09 Å². The van der Waals surface area contributed by atoms with Crippen molar-refractivity contribution in [2.75, 3.05) is 6.61 Å². The van der Waals surface area contributed by atoms with Crippen molar-refractivity contribution < 1.29 is 14.3 Å². The lowest BCUT2D eigenvalue weighted by Gasteiger charge is -2.38. The number of aromatic nitrogens is 1. The van der Waals surface area contributed by atoms with E-state index in [2.05, 4.69) is 31.4 Å². The summed E-state index contributed by atoms with van der Waals surface area (Å²) in [5, 5.41) is 0. The Kier molecular flexibility index (Phi) is 5.33. The van der Waals surface area contributed by atoms with E-state index in [1.807, 2.05) is 45.0 Å². The Balaban J connectivity index is 2.18. The van der Waals surface area contributed by atoms with Crippen LogP contribution in [0.2, 0.25) is 0 Å². The molecule has 1 aliphatic rings. The normalized spacial score (nSPS) is 24.7. The highest BCUT2D eigenvalue weighted by atomic mass is 16.6. The second-order valence-electron chi connectivity index (χ2n) is 8.40. The molecule has 1 saturated heterocycles. The number of ether oxygens (including phenoxy) is 2. The summed E-state index contributed by atoms with van der Waals surface area (Å²) in [5.41, 5.74) is 0.384. The number of hydrogen-bond acceptors (Lipinski definition) is 3. The van der Waals surface area contributed by atoms with E-state index >= 15 is 0 Å². The highest BCUT2D eigenvalue weighted by molar-refractivity contribution is 5.70. The van der Waals surface area contributed by atoms with E-state index in [1.165, 1.54) is 5.69 Å². The molecule has 136 valence electrons. The average Bonchev–Trinajstić information content (AvgIpc) is 2.98. The van der Waals surface area contributed by atoms with E-state index in [0.29, 0.717) is 6.61 Å². The summed E-state index contributed by atoms with van der Waals surface area (Å²) in [6, 6.07) is 4.17. The van der Waals surface area contributed by atoms with Gasteiger partial charge in [0, 0.05) is 18.9 Å². The van der Waals surface area contributed by atoms with Gasteiger partial charge in [-0.1, -0.05) is 13.8 Å². The molecule has 0 spiro atoms. The molecule has 2 heterocycles. The third kappa shape index (κ3) is 4.12. The molecule has 1 aromatic rings. The minimum atomic E-state index is -0.514. The summed E-state index contributed by atoms with van der Waals surface area (Å²) in [5.74, 6) is 0.217. The van der Waals surface area contributed by atoms with E-state index in [4.69, 9.17) is 9.47 Å². The van der Waals surface area contributed by atoms with Gasteiger partial charge >= 0.3 is 6.09 Å². The molecule has 0 aliphatic carbocycles. The van der Waals surface area contributed by atoms with Gasteiger partial charge in [-0.25, -0.2) is 4.79 Å². The van der Waals surface area contributed by atoms with Crippen LogP contribution in [0.15, 0.2) is 18.3 Å². The molecule has 1 aromatic heterocycles. The van der Waals surface area contributed by atoms with Gasteiger partial charge in [0.15, 0.2) is 0 Å². The Morgan fingerprint density at radius 1 is 1.46 bits per heavy atom. The monoisotopic (exact) mass is 336 g/mol. The molecule has 1 aliphatic heterocycles. The van der Waals surface area contributed by atoms with Crippen LogP contribution in [0.5, 0.6) is 0 Å². The zero-order chi connectivity index (χ0) is 18.1. The molecule has 2 atom stereocenters. The molecule has 2 rings (SSSR count). The van der Waals surface area contributed by atoms with Gasteiger partial charge in [-0.15, -0.1) is 0 Å². The molecule has 24 heavy (non-hydrogen) atoms. The van der Waals surface area contributed by atoms with Gasteiger partial charge < -0.3 is 14.0 Å². The zero-order valence-corrected chi connectivity index (χ0v) is 16.1. The number of carbonyl (C=O) groups is 1. The first kappa shape index (κ1) is 18.8. The summed E-state index contributed by atoms with van der Waals surface area (Å²) in [6.07, 6.45) is 3.26. The van der Waals surface area contributed by atoms with Crippen LogP contribution in [0.3, 0.4) is 0 Å². The van der Waals surface area contributed by atoms with E-state index < -0.39 is 5.60 Å². The number of rotatable bonds is 4. The molecule has 1 amide bonds. The molecule has 0 bridgehead atoms. The maximum atomic E-state index is 12.8. The zero-order valence-electron chi connectivity index (χ0n) is 16.1. The fraction of sp³-hybridized carbons (Fsp3) is 0.737. The molecule has 0 aromatic carbocycles. The maximum absolute atomic E-state index is 12.8. The molecule has 5 nitrogen and oxygen atoms in total. The van der Waals surface area contributed by atoms with Crippen molar-refractivity contribution in [1.82, 2.24) is 9.47 Å². The SMILES string of the molecule is CC(C)[C@H]1OC[C@@](C)(CCc2cccn2C)N1C(=O)OC(C)(C)C. The van der Waals surface area contributed by atoms with E-state index in [9.17, 15) is 4.79 Å². The van der Waals surface area contributed by atoms with Gasteiger partial charge in [0.1, 0.15) is 11.8 Å². The predicted molar refractivity (Wildman–Crippen MR) is 94.8 cm³/mol. The summed E-state index contributed by atoms with van der Waals surface area (Å²) in [7, 11) is 2.05. The average molecular weight is 336 g/mol. The standard InChI is InChI=1S/C19H32N2O3/c1-14(2)16-21(17(22)24-18(3,4)5)19(6,13-23-16)11-10-15-9-8-12-20(15)7/h8-9,12,14,16H,10-11,13H2,1-7H3/t16-,19-/m1/s1. The van der Waals surface area contributed by atoms with Gasteiger partial charge in [-0.2, -0.15) is 0 Å². The minimum Gasteiger partial charge on any atom is -0.444 e. The van der Waals surface area contributed by atoms with Gasteiger partial charge in [-0.05, 0) is 58.6 Å². The van der Waals surface area contributed by atoms with Crippen molar-refractivity contribution in [3.05, 3.63) is 24.0 Å². The quantitative estimate of drug-likeness (QED) is 0.836. The molecule has 0 radical (unpaired) electrons. The van der Waals surface area contributed by atoms with E-state index in [-0.39, 0.29) is 23.8 Å². The first-order chi connectivity index (χ1) is 11.0. The molecule has 0 saturated carbocycles. The molecular formula is C19H32N2O3. The molecule has 1 fully saturated rings. The third-order valence-corrected chi connectivity index (χ3v) is 4.53. The Morgan fingerprint density at radius 3 is 2.62 bits per heavy atom. The topological polar surface area (TPSA) is 43.7 Å². The van der Waals surface area contributed by atoms with Crippen LogP contribution in [-0.4, -0.2) is 39.5 Å². The molecule has 5 heteroatoms.